The van der Waals surface area contributed by atoms with E-state index in [9.17, 15) is 0 Å². The molecule has 0 bridgehead atoms. The zero-order valence-electron chi connectivity index (χ0n) is 8.37. The van der Waals surface area contributed by atoms with Gasteiger partial charge in [0.05, 0.1) is 6.61 Å². The number of hydrogen-bond acceptors (Lipinski definition) is 3. The second kappa shape index (κ2) is 5.25. The predicted octanol–water partition coefficient (Wildman–Crippen LogP) is 1.28. The number of aromatic nitrogens is 1. The van der Waals surface area contributed by atoms with Crippen LogP contribution in [0.4, 0.5) is 0 Å². The van der Waals surface area contributed by atoms with E-state index < -0.39 is 0 Å². The number of pyridine rings is 1. The van der Waals surface area contributed by atoms with Crippen molar-refractivity contribution in [3.8, 4) is 17.6 Å². The summed E-state index contributed by atoms with van der Waals surface area (Å²) in [6.07, 6.45) is 0. The molecule has 0 amide bonds. The molecule has 0 aliphatic heterocycles. The lowest BCUT2D eigenvalue weighted by Gasteiger charge is -2.06. The van der Waals surface area contributed by atoms with Crippen LogP contribution >= 0.6 is 0 Å². The first-order valence-electron chi connectivity index (χ1n) is 4.37. The van der Waals surface area contributed by atoms with Crippen LogP contribution in [0.2, 0.25) is 0 Å². The molecular weight excluding hydrogens is 178 g/mol. The summed E-state index contributed by atoms with van der Waals surface area (Å²) in [6.45, 7) is 3.84. The van der Waals surface area contributed by atoms with E-state index in [1.807, 2.05) is 13.0 Å². The van der Waals surface area contributed by atoms with Gasteiger partial charge in [0.2, 0.25) is 0 Å². The lowest BCUT2D eigenvalue weighted by Crippen LogP contribution is -2.01. The molecule has 0 radical (unpaired) electrons. The molecule has 1 rings (SSSR count). The lowest BCUT2D eigenvalue weighted by molar-refractivity contribution is 0.264. The van der Waals surface area contributed by atoms with E-state index in [4.69, 9.17) is 9.84 Å². The van der Waals surface area contributed by atoms with E-state index in [1.54, 1.807) is 13.0 Å². The van der Waals surface area contributed by atoms with Gasteiger partial charge in [0.1, 0.15) is 18.1 Å². The maximum Gasteiger partial charge on any atom is 0.149 e. The van der Waals surface area contributed by atoms with E-state index in [0.29, 0.717) is 18.1 Å². The Kier molecular flexibility index (Phi) is 3.96. The molecule has 1 heterocycles. The number of ether oxygens (including phenoxy) is 1. The smallest absolute Gasteiger partial charge is 0.149 e. The second-order valence-electron chi connectivity index (χ2n) is 2.77. The molecule has 14 heavy (non-hydrogen) atoms. The van der Waals surface area contributed by atoms with Crippen LogP contribution < -0.4 is 4.74 Å². The molecular formula is C11H13NO2. The highest BCUT2D eigenvalue weighted by atomic mass is 16.5. The highest BCUT2D eigenvalue weighted by molar-refractivity contribution is 5.29. The third-order valence-corrected chi connectivity index (χ3v) is 1.70. The van der Waals surface area contributed by atoms with Crippen molar-refractivity contribution in [2.24, 2.45) is 0 Å². The Bertz CT molecular complexity index is 363. The van der Waals surface area contributed by atoms with E-state index in [-0.39, 0.29) is 6.61 Å². The Balaban J connectivity index is 2.78. The first-order chi connectivity index (χ1) is 6.77. The zero-order valence-corrected chi connectivity index (χ0v) is 8.37. The number of nitrogens with zero attached hydrogens (tertiary/aromatic N) is 1. The molecule has 1 N–H and O–H groups in total. The van der Waals surface area contributed by atoms with Gasteiger partial charge in [0, 0.05) is 5.69 Å². The summed E-state index contributed by atoms with van der Waals surface area (Å²) in [5.41, 5.74) is 1.42. The molecule has 0 aliphatic carbocycles. The lowest BCUT2D eigenvalue weighted by atomic mass is 10.3. The van der Waals surface area contributed by atoms with Gasteiger partial charge in [-0.05, 0) is 26.0 Å². The molecule has 0 unspecified atom stereocenters. The summed E-state index contributed by atoms with van der Waals surface area (Å²) in [5.74, 6) is 6.11. The molecule has 1 aromatic heterocycles. The molecule has 3 heteroatoms. The monoisotopic (exact) mass is 191 g/mol. The zero-order chi connectivity index (χ0) is 10.4. The van der Waals surface area contributed by atoms with Crippen LogP contribution in [0, 0.1) is 18.8 Å². The quantitative estimate of drug-likeness (QED) is 0.732. The van der Waals surface area contributed by atoms with E-state index in [0.717, 1.165) is 5.69 Å². The molecule has 0 aliphatic rings. The third-order valence-electron chi connectivity index (χ3n) is 1.70. The fourth-order valence-corrected chi connectivity index (χ4v) is 1.03. The summed E-state index contributed by atoms with van der Waals surface area (Å²) >= 11 is 0. The van der Waals surface area contributed by atoms with Crippen LogP contribution in [0.5, 0.6) is 5.75 Å². The van der Waals surface area contributed by atoms with E-state index in [1.165, 1.54) is 0 Å². The Morgan fingerprint density at radius 1 is 1.50 bits per heavy atom. The van der Waals surface area contributed by atoms with Crippen molar-refractivity contribution < 1.29 is 9.84 Å². The molecule has 0 saturated heterocycles. The van der Waals surface area contributed by atoms with Crippen molar-refractivity contribution in [3.05, 3.63) is 23.5 Å². The average Bonchev–Trinajstić information content (AvgIpc) is 2.20. The number of hydrogen-bond donors (Lipinski definition) is 1. The first kappa shape index (κ1) is 10.6. The molecule has 0 spiro atoms. The van der Waals surface area contributed by atoms with Crippen molar-refractivity contribution in [2.45, 2.75) is 20.5 Å². The predicted molar refractivity (Wildman–Crippen MR) is 53.8 cm³/mol. The maximum atomic E-state index is 9.02. The molecule has 0 fully saturated rings. The minimum atomic E-state index is -0.115. The van der Waals surface area contributed by atoms with Gasteiger partial charge in [-0.3, -0.25) is 4.98 Å². The van der Waals surface area contributed by atoms with Gasteiger partial charge in [-0.15, -0.1) is 5.92 Å². The Hall–Kier alpha value is -1.53. The van der Waals surface area contributed by atoms with Crippen LogP contribution in [-0.4, -0.2) is 16.7 Å². The van der Waals surface area contributed by atoms with Gasteiger partial charge in [-0.25, -0.2) is 0 Å². The normalized spacial score (nSPS) is 9.07. The fraction of sp³-hybridized carbons (Fsp3) is 0.364. The van der Waals surface area contributed by atoms with Crippen LogP contribution in [-0.2, 0) is 6.61 Å². The summed E-state index contributed by atoms with van der Waals surface area (Å²) in [4.78, 5) is 4.15. The minimum absolute atomic E-state index is 0.115. The molecule has 1 aromatic rings. The summed E-state index contributed by atoms with van der Waals surface area (Å²) in [5, 5.41) is 9.02. The van der Waals surface area contributed by atoms with Crippen LogP contribution in [0.3, 0.4) is 0 Å². The van der Waals surface area contributed by atoms with Crippen LogP contribution in [0.15, 0.2) is 12.1 Å². The molecule has 0 atom stereocenters. The van der Waals surface area contributed by atoms with Gasteiger partial charge in [-0.2, -0.15) is 0 Å². The van der Waals surface area contributed by atoms with Gasteiger partial charge in [-0.1, -0.05) is 5.92 Å². The number of rotatable bonds is 3. The van der Waals surface area contributed by atoms with Gasteiger partial charge < -0.3 is 9.84 Å². The largest absolute Gasteiger partial charge is 0.479 e. The molecule has 74 valence electrons. The maximum absolute atomic E-state index is 9.02. The van der Waals surface area contributed by atoms with Gasteiger partial charge in [0.25, 0.3) is 0 Å². The van der Waals surface area contributed by atoms with Crippen molar-refractivity contribution in [2.75, 3.05) is 6.61 Å². The van der Waals surface area contributed by atoms with E-state index in [2.05, 4.69) is 16.8 Å². The van der Waals surface area contributed by atoms with E-state index >= 15 is 0 Å². The third kappa shape index (κ3) is 2.75. The van der Waals surface area contributed by atoms with Crippen LogP contribution in [0.25, 0.3) is 0 Å². The number of aliphatic hydroxyl groups excluding tert-OH is 1. The highest BCUT2D eigenvalue weighted by Crippen LogP contribution is 2.16. The Morgan fingerprint density at radius 3 is 2.93 bits per heavy atom. The first-order valence-corrected chi connectivity index (χ1v) is 4.37. The molecule has 0 saturated carbocycles. The Morgan fingerprint density at radius 2 is 2.29 bits per heavy atom. The standard InChI is InChI=1S/C11H13NO2/c1-3-4-7-14-11-6-5-9(2)12-10(11)8-13/h5-6,13H,7-8H2,1-2H3. The average molecular weight is 191 g/mol. The second-order valence-corrected chi connectivity index (χ2v) is 2.77. The Labute approximate surface area is 83.7 Å². The topological polar surface area (TPSA) is 42.4 Å². The summed E-state index contributed by atoms with van der Waals surface area (Å²) in [7, 11) is 0. The van der Waals surface area contributed by atoms with Gasteiger partial charge in [0.15, 0.2) is 0 Å². The number of aliphatic hydroxyl groups is 1. The summed E-state index contributed by atoms with van der Waals surface area (Å²) < 4.78 is 5.33. The van der Waals surface area contributed by atoms with Crippen molar-refractivity contribution >= 4 is 0 Å². The van der Waals surface area contributed by atoms with Crippen molar-refractivity contribution in [1.82, 2.24) is 4.98 Å². The SMILES string of the molecule is CC#CCOc1ccc(C)nc1CO. The molecule has 0 aromatic carbocycles. The summed E-state index contributed by atoms with van der Waals surface area (Å²) in [6, 6.07) is 3.64. The fourth-order valence-electron chi connectivity index (χ4n) is 1.03. The number of aryl methyl sites for hydroxylation is 1. The minimum Gasteiger partial charge on any atom is -0.479 e. The van der Waals surface area contributed by atoms with Gasteiger partial charge >= 0.3 is 0 Å². The van der Waals surface area contributed by atoms with Crippen LogP contribution in [0.1, 0.15) is 18.3 Å². The molecule has 3 nitrogen and oxygen atoms in total. The van der Waals surface area contributed by atoms with Crippen molar-refractivity contribution in [3.63, 3.8) is 0 Å². The van der Waals surface area contributed by atoms with Crippen molar-refractivity contribution in [1.29, 1.82) is 0 Å². The highest BCUT2D eigenvalue weighted by Gasteiger charge is 2.03.